The number of urea groups is 1. The van der Waals surface area contributed by atoms with Gasteiger partial charge < -0.3 is 9.80 Å². The average Bonchev–Trinajstić information content (AvgIpc) is 3.12. The van der Waals surface area contributed by atoms with E-state index in [-0.39, 0.29) is 18.5 Å². The molecule has 4 rings (SSSR count). The van der Waals surface area contributed by atoms with Crippen molar-refractivity contribution in [3.8, 4) is 0 Å². The molecule has 0 bridgehead atoms. The zero-order valence-corrected chi connectivity index (χ0v) is 14.2. The Kier molecular flexibility index (Phi) is 3.38. The van der Waals surface area contributed by atoms with Crippen LogP contribution in [0.25, 0.3) is 0 Å². The van der Waals surface area contributed by atoms with Gasteiger partial charge in [-0.25, -0.2) is 9.79 Å². The van der Waals surface area contributed by atoms with Crippen molar-refractivity contribution in [2.45, 2.75) is 19.1 Å². The molecule has 0 N–H and O–H groups in total. The predicted molar refractivity (Wildman–Crippen MR) is 94.6 cm³/mol. The molecular weight excluding hydrogens is 318 g/mol. The Morgan fingerprint density at radius 3 is 2.64 bits per heavy atom. The number of aliphatic imine (C=N–C) groups is 1. The number of rotatable bonds is 3. The second-order valence-corrected chi connectivity index (χ2v) is 6.27. The number of nitrogens with zero attached hydrogens (tertiary/aromatic N) is 5. The zero-order chi connectivity index (χ0) is 17.7. The molecular formula is C18H19N5O2. The number of benzene rings is 1. The van der Waals surface area contributed by atoms with Crippen molar-refractivity contribution in [3.05, 3.63) is 54.9 Å². The number of allylic oxidation sites excluding steroid dienone is 1. The Bertz CT molecular complexity index is 816. The minimum Gasteiger partial charge on any atom is -0.302 e. The first-order valence-corrected chi connectivity index (χ1v) is 8.13. The molecule has 1 fully saturated rings. The Morgan fingerprint density at radius 1 is 1.24 bits per heavy atom. The Labute approximate surface area is 146 Å². The van der Waals surface area contributed by atoms with Crippen LogP contribution in [0.15, 0.2) is 59.9 Å². The molecule has 3 heterocycles. The van der Waals surface area contributed by atoms with Gasteiger partial charge in [-0.15, -0.1) is 6.58 Å². The minimum atomic E-state index is -0.540. The van der Waals surface area contributed by atoms with E-state index in [2.05, 4.69) is 6.58 Å². The molecule has 3 aliphatic rings. The largest absolute Gasteiger partial charge is 0.328 e. The number of carbonyl (C=O) groups is 2. The van der Waals surface area contributed by atoms with Crippen LogP contribution in [-0.2, 0) is 4.79 Å². The van der Waals surface area contributed by atoms with E-state index >= 15 is 0 Å². The molecule has 0 spiro atoms. The molecule has 0 radical (unpaired) electrons. The predicted octanol–water partition coefficient (Wildman–Crippen LogP) is 1.81. The Balaban J connectivity index is 1.74. The van der Waals surface area contributed by atoms with E-state index in [1.54, 1.807) is 13.1 Å². The van der Waals surface area contributed by atoms with Crippen molar-refractivity contribution in [2.24, 2.45) is 4.99 Å². The molecule has 2 atom stereocenters. The van der Waals surface area contributed by atoms with E-state index in [9.17, 15) is 9.59 Å². The molecule has 7 heteroatoms. The number of fused-ring (bicyclic) bond motifs is 3. The number of para-hydroxylation sites is 1. The molecule has 1 aromatic carbocycles. The average molecular weight is 337 g/mol. The topological polar surface area (TPSA) is 59.5 Å². The number of imide groups is 1. The van der Waals surface area contributed by atoms with Gasteiger partial charge in [0.2, 0.25) is 5.96 Å². The van der Waals surface area contributed by atoms with E-state index in [1.165, 1.54) is 9.80 Å². The normalized spacial score (nSPS) is 25.0. The third-order valence-electron chi connectivity index (χ3n) is 4.71. The molecule has 25 heavy (non-hydrogen) atoms. The summed E-state index contributed by atoms with van der Waals surface area (Å²) in [5, 5.41) is 0. The monoisotopic (exact) mass is 337 g/mol. The number of hydrogen-bond donors (Lipinski definition) is 0. The van der Waals surface area contributed by atoms with Gasteiger partial charge in [0.25, 0.3) is 5.91 Å². The summed E-state index contributed by atoms with van der Waals surface area (Å²) in [6, 6.07) is 8.97. The fraction of sp³-hybridized carbons (Fsp3) is 0.278. The van der Waals surface area contributed by atoms with Crippen LogP contribution >= 0.6 is 0 Å². The van der Waals surface area contributed by atoms with Crippen molar-refractivity contribution >= 4 is 23.6 Å². The number of hydrogen-bond acceptors (Lipinski definition) is 5. The SMILES string of the molecule is C=CCN1C(=O)C2C(N=C3N(c4ccccc4)C(C)=CN32)N(C)C1=O. The van der Waals surface area contributed by atoms with Gasteiger partial charge >= 0.3 is 6.03 Å². The smallest absolute Gasteiger partial charge is 0.302 e. The first-order valence-electron chi connectivity index (χ1n) is 8.13. The van der Waals surface area contributed by atoms with Crippen LogP contribution in [0.3, 0.4) is 0 Å². The van der Waals surface area contributed by atoms with E-state index < -0.39 is 12.2 Å². The van der Waals surface area contributed by atoms with Crippen LogP contribution in [0.5, 0.6) is 0 Å². The molecule has 0 aliphatic carbocycles. The molecule has 2 unspecified atom stereocenters. The van der Waals surface area contributed by atoms with E-state index in [0.717, 1.165) is 11.4 Å². The molecule has 1 aromatic rings. The van der Waals surface area contributed by atoms with Crippen molar-refractivity contribution in [1.82, 2.24) is 14.7 Å². The molecule has 0 saturated carbocycles. The van der Waals surface area contributed by atoms with Crippen molar-refractivity contribution in [3.63, 3.8) is 0 Å². The standard InChI is InChI=1S/C18H19N5O2/c1-4-10-21-16(24)14-15(20(3)18(21)25)19-17-22(14)11-12(2)23(17)13-8-6-5-7-9-13/h4-9,11,14-15H,1,10H2,2-3H3. The van der Waals surface area contributed by atoms with Crippen LogP contribution in [0.4, 0.5) is 10.5 Å². The highest BCUT2D eigenvalue weighted by Crippen LogP contribution is 2.36. The molecule has 7 nitrogen and oxygen atoms in total. The van der Waals surface area contributed by atoms with Crippen LogP contribution in [0, 0.1) is 0 Å². The van der Waals surface area contributed by atoms with E-state index in [0.29, 0.717) is 5.96 Å². The Morgan fingerprint density at radius 2 is 1.96 bits per heavy atom. The summed E-state index contributed by atoms with van der Waals surface area (Å²) in [7, 11) is 1.68. The third-order valence-corrected chi connectivity index (χ3v) is 4.71. The maximum Gasteiger partial charge on any atom is 0.328 e. The third kappa shape index (κ3) is 2.08. The molecule has 3 aliphatic heterocycles. The zero-order valence-electron chi connectivity index (χ0n) is 14.2. The van der Waals surface area contributed by atoms with Gasteiger partial charge in [0, 0.05) is 31.2 Å². The molecule has 128 valence electrons. The van der Waals surface area contributed by atoms with Crippen LogP contribution in [0.1, 0.15) is 6.92 Å². The summed E-state index contributed by atoms with van der Waals surface area (Å²) in [5.41, 5.74) is 1.95. The summed E-state index contributed by atoms with van der Waals surface area (Å²) in [5.74, 6) is 0.429. The number of amides is 3. The molecule has 0 aromatic heterocycles. The number of anilines is 1. The van der Waals surface area contributed by atoms with Gasteiger partial charge in [-0.3, -0.25) is 14.6 Å². The lowest BCUT2D eigenvalue weighted by Crippen LogP contribution is -2.64. The summed E-state index contributed by atoms with van der Waals surface area (Å²) in [6.07, 6.45) is 2.96. The van der Waals surface area contributed by atoms with Gasteiger partial charge in [0.15, 0.2) is 12.2 Å². The number of carbonyl (C=O) groups excluding carboxylic acids is 2. The van der Waals surface area contributed by atoms with Gasteiger partial charge in [-0.2, -0.15) is 0 Å². The lowest BCUT2D eigenvalue weighted by Gasteiger charge is -2.39. The van der Waals surface area contributed by atoms with Gasteiger partial charge in [0.05, 0.1) is 0 Å². The van der Waals surface area contributed by atoms with Crippen LogP contribution in [0.2, 0.25) is 0 Å². The number of guanidine groups is 1. The summed E-state index contributed by atoms with van der Waals surface area (Å²) < 4.78 is 0. The first-order chi connectivity index (χ1) is 12.0. The van der Waals surface area contributed by atoms with E-state index in [1.807, 2.05) is 53.3 Å². The highest BCUT2D eigenvalue weighted by Gasteiger charge is 2.54. The van der Waals surface area contributed by atoms with Gasteiger partial charge in [-0.05, 0) is 19.1 Å². The lowest BCUT2D eigenvalue weighted by atomic mass is 10.1. The fourth-order valence-corrected chi connectivity index (χ4v) is 3.55. The van der Waals surface area contributed by atoms with Crippen LogP contribution < -0.4 is 4.90 Å². The minimum absolute atomic E-state index is 0.194. The molecule has 1 saturated heterocycles. The summed E-state index contributed by atoms with van der Waals surface area (Å²) >= 11 is 0. The second-order valence-electron chi connectivity index (χ2n) is 6.27. The van der Waals surface area contributed by atoms with Crippen molar-refractivity contribution in [2.75, 3.05) is 18.5 Å². The first kappa shape index (κ1) is 15.4. The lowest BCUT2D eigenvalue weighted by molar-refractivity contribution is -0.136. The van der Waals surface area contributed by atoms with Gasteiger partial charge in [-0.1, -0.05) is 24.3 Å². The van der Waals surface area contributed by atoms with E-state index in [4.69, 9.17) is 4.99 Å². The van der Waals surface area contributed by atoms with Crippen LogP contribution in [-0.4, -0.2) is 58.4 Å². The highest BCUT2D eigenvalue weighted by molar-refractivity contribution is 6.09. The summed E-state index contributed by atoms with van der Waals surface area (Å²) in [6.45, 7) is 5.81. The van der Waals surface area contributed by atoms with Gasteiger partial charge in [0.1, 0.15) is 0 Å². The second kappa shape index (κ2) is 5.47. The fourth-order valence-electron chi connectivity index (χ4n) is 3.55. The summed E-state index contributed by atoms with van der Waals surface area (Å²) in [4.78, 5) is 36.7. The maximum absolute atomic E-state index is 12.9. The highest BCUT2D eigenvalue weighted by atomic mass is 16.2. The maximum atomic E-state index is 12.9. The quantitative estimate of drug-likeness (QED) is 0.790. The Hall–Kier alpha value is -3.09. The van der Waals surface area contributed by atoms with Crippen molar-refractivity contribution in [1.29, 1.82) is 0 Å². The number of likely N-dealkylation sites (N-methyl/N-ethyl adjacent to an activating group) is 1. The van der Waals surface area contributed by atoms with Crippen molar-refractivity contribution < 1.29 is 9.59 Å². The molecule has 3 amide bonds.